The van der Waals surface area contributed by atoms with Crippen LogP contribution in [-0.4, -0.2) is 22.1 Å². The summed E-state index contributed by atoms with van der Waals surface area (Å²) in [5.41, 5.74) is 1.16. The molecule has 0 bridgehead atoms. The van der Waals surface area contributed by atoms with Gasteiger partial charge in [-0.2, -0.15) is 14.0 Å². The topological polar surface area (TPSA) is 92.7 Å². The van der Waals surface area contributed by atoms with Gasteiger partial charge in [0.05, 0.1) is 14.9 Å². The van der Waals surface area contributed by atoms with E-state index in [2.05, 4.69) is 4.90 Å². The highest BCUT2D eigenvalue weighted by atomic mass is 35.7. The van der Waals surface area contributed by atoms with Gasteiger partial charge < -0.3 is 0 Å². The molecule has 5 nitrogen and oxygen atoms in total. The number of hydrogen-bond donors (Lipinski definition) is 1. The van der Waals surface area contributed by atoms with E-state index in [1.807, 2.05) is 18.2 Å². The van der Waals surface area contributed by atoms with Gasteiger partial charge in [0, 0.05) is 27.7 Å². The second-order valence-corrected chi connectivity index (χ2v) is 7.47. The summed E-state index contributed by atoms with van der Waals surface area (Å²) in [6, 6.07) is 7.06. The monoisotopic (exact) mass is 383 g/mol. The third kappa shape index (κ3) is 5.73. The molecule has 3 rings (SSSR count). The predicted molar refractivity (Wildman–Crippen MR) is 79.6 cm³/mol. The van der Waals surface area contributed by atoms with E-state index in [0.717, 1.165) is 21.7 Å². The smallest absolute Gasteiger partial charge is 0.0777 e. The molecule has 2 aliphatic rings. The van der Waals surface area contributed by atoms with Crippen LogP contribution in [0.1, 0.15) is 50.1 Å². The first-order chi connectivity index (χ1) is 10.8. The number of piperidine rings is 2. The van der Waals surface area contributed by atoms with E-state index in [1.165, 1.54) is 45.1 Å². The number of hydrogen-bond acceptors (Lipinski definition) is 5. The summed E-state index contributed by atoms with van der Waals surface area (Å²) in [6.45, 7) is 1.21. The fraction of sp³-hybridized carbons (Fsp3) is 0.600. The fourth-order valence-corrected chi connectivity index (χ4v) is 4.24. The van der Waals surface area contributed by atoms with Crippen molar-refractivity contribution in [1.29, 1.82) is 0 Å². The maximum absolute atomic E-state index is 8.60. The Hall–Kier alpha value is -0.110. The number of fused-ring (bicyclic) bond motifs is 1. The maximum Gasteiger partial charge on any atom is 0.0777 e. The van der Waals surface area contributed by atoms with Crippen LogP contribution in [0.2, 0.25) is 10.0 Å². The van der Waals surface area contributed by atoms with Crippen molar-refractivity contribution in [3.63, 3.8) is 0 Å². The van der Waals surface area contributed by atoms with Gasteiger partial charge in [-0.05, 0) is 50.8 Å². The summed E-state index contributed by atoms with van der Waals surface area (Å²) in [7, 11) is -4.69. The molecule has 1 N–H and O–H groups in total. The van der Waals surface area contributed by atoms with Crippen LogP contribution in [0.4, 0.5) is 0 Å². The van der Waals surface area contributed by atoms with Crippen LogP contribution in [0.5, 0.6) is 0 Å². The van der Waals surface area contributed by atoms with Gasteiger partial charge in [-0.1, -0.05) is 35.7 Å². The minimum atomic E-state index is -4.69. The third-order valence-corrected chi connectivity index (χ3v) is 5.08. The summed E-state index contributed by atoms with van der Waals surface area (Å²) in [6.07, 6.45) is 7.88. The van der Waals surface area contributed by atoms with Gasteiger partial charge in [0.1, 0.15) is 0 Å². The number of nitrogens with zero attached hydrogens (tertiary/aromatic N) is 1. The van der Waals surface area contributed by atoms with E-state index >= 15 is 0 Å². The molecule has 2 fully saturated rings. The Morgan fingerprint density at radius 2 is 1.57 bits per heavy atom. The van der Waals surface area contributed by atoms with Crippen LogP contribution in [-0.2, 0) is 0 Å². The van der Waals surface area contributed by atoms with Crippen molar-refractivity contribution >= 4 is 23.2 Å². The normalized spacial score (nSPS) is 25.3. The molecule has 0 amide bonds. The summed E-state index contributed by atoms with van der Waals surface area (Å²) < 4.78 is 32.7. The first-order valence-corrected chi connectivity index (χ1v) is 9.62. The van der Waals surface area contributed by atoms with Crippen LogP contribution in [0.3, 0.4) is 0 Å². The lowest BCUT2D eigenvalue weighted by Gasteiger charge is -2.45. The van der Waals surface area contributed by atoms with Crippen LogP contribution in [0, 0.1) is 10.2 Å². The molecular weight excluding hydrogens is 365 g/mol. The molecule has 0 spiro atoms. The van der Waals surface area contributed by atoms with E-state index in [1.54, 1.807) is 0 Å². The minimum Gasteiger partial charge on any atom is -0.293 e. The number of rotatable bonds is 1. The first kappa shape index (κ1) is 19.2. The lowest BCUT2D eigenvalue weighted by molar-refractivity contribution is -1.92. The zero-order valence-electron chi connectivity index (χ0n) is 12.6. The summed E-state index contributed by atoms with van der Waals surface area (Å²) in [5.74, 6) is 0. The Morgan fingerprint density at radius 3 is 2.17 bits per heavy atom. The van der Waals surface area contributed by atoms with Crippen molar-refractivity contribution in [1.82, 2.24) is 4.90 Å². The predicted octanol–water partition coefficient (Wildman–Crippen LogP) is 0.949. The fourth-order valence-electron chi connectivity index (χ4n) is 3.60. The van der Waals surface area contributed by atoms with E-state index in [4.69, 9.17) is 41.8 Å². The molecule has 23 heavy (non-hydrogen) atoms. The van der Waals surface area contributed by atoms with Crippen LogP contribution >= 0.6 is 23.2 Å². The van der Waals surface area contributed by atoms with Crippen molar-refractivity contribution in [2.45, 2.75) is 50.6 Å². The van der Waals surface area contributed by atoms with E-state index in [9.17, 15) is 0 Å². The van der Waals surface area contributed by atoms with Gasteiger partial charge in [0.2, 0.25) is 0 Å². The second-order valence-electron chi connectivity index (χ2n) is 5.87. The zero-order chi connectivity index (χ0) is 17.0. The minimum absolute atomic E-state index is 0.435. The second kappa shape index (κ2) is 8.32. The molecule has 0 aromatic heterocycles. The molecular formula is C15H20Cl3NO4. The lowest BCUT2D eigenvalue weighted by Crippen LogP contribution is -2.58. The Balaban J connectivity index is 0.000000338. The van der Waals surface area contributed by atoms with Gasteiger partial charge in [0.25, 0.3) is 0 Å². The Morgan fingerprint density at radius 1 is 1.00 bits per heavy atom. The first-order valence-electron chi connectivity index (χ1n) is 7.60. The van der Waals surface area contributed by atoms with Crippen molar-refractivity contribution in [3.8, 4) is 0 Å². The number of benzene rings is 1. The summed E-state index contributed by atoms with van der Waals surface area (Å²) >= 11 is 12.8. The van der Waals surface area contributed by atoms with E-state index in [-0.39, 0.29) is 0 Å². The average Bonchev–Trinajstić information content (AvgIpc) is 2.45. The third-order valence-electron chi connectivity index (χ3n) is 4.42. The van der Waals surface area contributed by atoms with Crippen molar-refractivity contribution in [2.24, 2.45) is 0 Å². The van der Waals surface area contributed by atoms with Crippen molar-refractivity contribution in [3.05, 3.63) is 33.8 Å². The molecule has 2 aliphatic heterocycles. The van der Waals surface area contributed by atoms with Gasteiger partial charge in [0.15, 0.2) is 0 Å². The van der Waals surface area contributed by atoms with Crippen LogP contribution < -0.4 is 14.0 Å². The molecule has 0 unspecified atom stereocenters. The van der Waals surface area contributed by atoms with E-state index in [0.29, 0.717) is 6.04 Å². The highest BCUT2D eigenvalue weighted by Gasteiger charge is 2.34. The Bertz CT molecular complexity index is 496. The maximum atomic E-state index is 8.60. The Labute approximate surface area is 148 Å². The highest BCUT2D eigenvalue weighted by molar-refractivity contribution is 6.36. The molecule has 2 atom stereocenters. The molecule has 1 aromatic rings. The average molecular weight is 385 g/mol. The standard InChI is InChI=1S/C15H19Cl2N.ClHO4/c16-12-7-4-8-13(17)15(12)14-9-3-6-11-5-1-2-10-18(11)14;2-1(3,4)5/h4,7-8,11,14H,1-3,5-6,9-10H2;(H,2,3,4,5)/t11-,14-;/m0./s1. The van der Waals surface area contributed by atoms with Crippen LogP contribution in [0.25, 0.3) is 0 Å². The number of halogens is 3. The molecule has 130 valence electrons. The van der Waals surface area contributed by atoms with Gasteiger partial charge in [-0.15, -0.1) is 0 Å². The molecule has 0 radical (unpaired) electrons. The SMILES string of the molecule is Clc1cccc(Cl)c1[C@@H]1CCC[C@@H]2CCCCN21.[O-][Cl+3]([O-])([O-])O. The van der Waals surface area contributed by atoms with Crippen molar-refractivity contribution < 1.29 is 28.9 Å². The van der Waals surface area contributed by atoms with Gasteiger partial charge in [-0.3, -0.25) is 4.90 Å². The van der Waals surface area contributed by atoms with Crippen LogP contribution in [0.15, 0.2) is 18.2 Å². The molecule has 1 aromatic carbocycles. The largest absolute Gasteiger partial charge is 0.293 e. The molecule has 8 heteroatoms. The van der Waals surface area contributed by atoms with Gasteiger partial charge in [-0.25, -0.2) is 0 Å². The quantitative estimate of drug-likeness (QED) is 0.778. The van der Waals surface area contributed by atoms with Gasteiger partial charge >= 0.3 is 0 Å². The Kier molecular flexibility index (Phi) is 6.95. The summed E-state index contributed by atoms with van der Waals surface area (Å²) in [5, 5.41) is 1.66. The lowest BCUT2D eigenvalue weighted by atomic mass is 9.86. The summed E-state index contributed by atoms with van der Waals surface area (Å²) in [4.78, 5) is 2.65. The zero-order valence-corrected chi connectivity index (χ0v) is 14.9. The molecule has 0 aliphatic carbocycles. The molecule has 2 heterocycles. The van der Waals surface area contributed by atoms with Crippen molar-refractivity contribution in [2.75, 3.05) is 6.54 Å². The highest BCUT2D eigenvalue weighted by Crippen LogP contribution is 2.43. The van der Waals surface area contributed by atoms with E-state index < -0.39 is 10.2 Å². The molecule has 0 saturated carbocycles. The molecule has 2 saturated heterocycles.